The van der Waals surface area contributed by atoms with E-state index >= 15 is 0 Å². The van der Waals surface area contributed by atoms with E-state index in [1.165, 1.54) is 36.8 Å². The van der Waals surface area contributed by atoms with Crippen LogP contribution in [0.25, 0.3) is 0 Å². The zero-order valence-electron chi connectivity index (χ0n) is 11.2. The molecule has 0 aliphatic heterocycles. The summed E-state index contributed by atoms with van der Waals surface area (Å²) in [4.78, 5) is 0. The van der Waals surface area contributed by atoms with E-state index in [-0.39, 0.29) is 0 Å². The van der Waals surface area contributed by atoms with Crippen molar-refractivity contribution in [1.29, 1.82) is 0 Å². The number of benzene rings is 1. The van der Waals surface area contributed by atoms with Gasteiger partial charge in [-0.2, -0.15) is 0 Å². The van der Waals surface area contributed by atoms with Crippen LogP contribution in [0.5, 0.6) is 0 Å². The summed E-state index contributed by atoms with van der Waals surface area (Å²) in [6, 6.07) is 6.75. The highest BCUT2D eigenvalue weighted by Crippen LogP contribution is 2.40. The summed E-state index contributed by atoms with van der Waals surface area (Å²) in [5.41, 5.74) is 2.93. The van der Waals surface area contributed by atoms with Crippen LogP contribution in [-0.4, -0.2) is 9.52 Å². The molecule has 1 aromatic carbocycles. The minimum atomic E-state index is 0.455. The van der Waals surface area contributed by atoms with E-state index in [1.54, 1.807) is 5.19 Å². The summed E-state index contributed by atoms with van der Waals surface area (Å²) in [7, 11) is 0.932. The van der Waals surface area contributed by atoms with Crippen LogP contribution in [-0.2, 0) is 0 Å². The first kappa shape index (κ1) is 12.6. The molecule has 90 valence electrons. The van der Waals surface area contributed by atoms with Gasteiger partial charge in [-0.3, -0.25) is 0 Å². The molecule has 1 unspecified atom stereocenters. The molecule has 0 nitrogen and oxygen atoms in total. The summed E-state index contributed by atoms with van der Waals surface area (Å²) in [5.74, 6) is 0. The van der Waals surface area contributed by atoms with Gasteiger partial charge in [-0.05, 0) is 55.7 Å². The van der Waals surface area contributed by atoms with Gasteiger partial charge in [0.25, 0.3) is 0 Å². The van der Waals surface area contributed by atoms with Crippen molar-refractivity contribution in [2.45, 2.75) is 51.5 Å². The Labute approximate surface area is 108 Å². The SMILES string of the molecule is CCC1([Si]c2cccc(C)c2C)C=CCCC1. The van der Waals surface area contributed by atoms with E-state index in [9.17, 15) is 0 Å². The first-order valence-electron chi connectivity index (χ1n) is 6.69. The van der Waals surface area contributed by atoms with Gasteiger partial charge in [0.1, 0.15) is 0 Å². The molecule has 0 saturated carbocycles. The average Bonchev–Trinajstić information content (AvgIpc) is 2.36. The van der Waals surface area contributed by atoms with Crippen molar-refractivity contribution < 1.29 is 0 Å². The fourth-order valence-corrected chi connectivity index (χ4v) is 4.35. The van der Waals surface area contributed by atoms with Crippen LogP contribution >= 0.6 is 0 Å². The molecule has 0 aromatic heterocycles. The van der Waals surface area contributed by atoms with Crippen molar-refractivity contribution in [2.24, 2.45) is 0 Å². The summed E-state index contributed by atoms with van der Waals surface area (Å²) in [6.45, 7) is 6.83. The van der Waals surface area contributed by atoms with E-state index < -0.39 is 0 Å². The maximum Gasteiger partial charge on any atom is 0.0927 e. The van der Waals surface area contributed by atoms with Crippen molar-refractivity contribution in [2.75, 3.05) is 0 Å². The first-order valence-corrected chi connectivity index (χ1v) is 7.69. The molecule has 1 heteroatoms. The van der Waals surface area contributed by atoms with Crippen molar-refractivity contribution in [1.82, 2.24) is 0 Å². The molecule has 17 heavy (non-hydrogen) atoms. The molecule has 0 saturated heterocycles. The van der Waals surface area contributed by atoms with Crippen LogP contribution < -0.4 is 5.19 Å². The molecule has 0 N–H and O–H groups in total. The van der Waals surface area contributed by atoms with Crippen LogP contribution in [0.15, 0.2) is 30.4 Å². The predicted octanol–water partition coefficient (Wildman–Crippen LogP) is 3.94. The lowest BCUT2D eigenvalue weighted by molar-refractivity contribution is 0.544. The van der Waals surface area contributed by atoms with Crippen LogP contribution in [0.2, 0.25) is 5.04 Å². The van der Waals surface area contributed by atoms with Gasteiger partial charge in [-0.25, -0.2) is 0 Å². The average molecular weight is 242 g/mol. The Hall–Kier alpha value is -0.823. The van der Waals surface area contributed by atoms with E-state index in [0.717, 1.165) is 9.52 Å². The Kier molecular flexibility index (Phi) is 3.88. The van der Waals surface area contributed by atoms with Gasteiger partial charge in [-0.1, -0.05) is 42.5 Å². The Bertz CT molecular complexity index is 420. The second-order valence-corrected chi connectivity index (χ2v) is 6.96. The molecule has 0 spiro atoms. The molecular weight excluding hydrogens is 220 g/mol. The van der Waals surface area contributed by atoms with Gasteiger partial charge in [0.05, 0.1) is 9.52 Å². The largest absolute Gasteiger partial charge is 0.0927 e. The fraction of sp³-hybridized carbons (Fsp3) is 0.500. The molecule has 2 radical (unpaired) electrons. The lowest BCUT2D eigenvalue weighted by Crippen LogP contribution is -2.31. The van der Waals surface area contributed by atoms with E-state index in [0.29, 0.717) is 5.04 Å². The first-order chi connectivity index (χ1) is 8.17. The second kappa shape index (κ2) is 5.22. The maximum atomic E-state index is 2.50. The van der Waals surface area contributed by atoms with Crippen molar-refractivity contribution >= 4 is 14.7 Å². The summed E-state index contributed by atoms with van der Waals surface area (Å²) >= 11 is 0. The Balaban J connectivity index is 2.27. The number of hydrogen-bond acceptors (Lipinski definition) is 0. The van der Waals surface area contributed by atoms with Crippen molar-refractivity contribution in [3.8, 4) is 0 Å². The van der Waals surface area contributed by atoms with Gasteiger partial charge < -0.3 is 0 Å². The van der Waals surface area contributed by atoms with Crippen molar-refractivity contribution in [3.05, 3.63) is 41.5 Å². The zero-order valence-corrected chi connectivity index (χ0v) is 12.2. The molecule has 0 amide bonds. The van der Waals surface area contributed by atoms with Gasteiger partial charge in [0.15, 0.2) is 0 Å². The second-order valence-electron chi connectivity index (χ2n) is 5.18. The van der Waals surface area contributed by atoms with E-state index in [1.807, 2.05) is 0 Å². The Morgan fingerprint density at radius 2 is 2.12 bits per heavy atom. The van der Waals surface area contributed by atoms with E-state index in [2.05, 4.69) is 51.1 Å². The standard InChI is InChI=1S/C16H22Si/c1-4-16(11-6-5-7-12-16)17-15-10-8-9-13(2)14(15)3/h6,8-11H,4-5,7,12H2,1-3H3. The van der Waals surface area contributed by atoms with Crippen molar-refractivity contribution in [3.63, 3.8) is 0 Å². The predicted molar refractivity (Wildman–Crippen MR) is 77.3 cm³/mol. The normalized spacial score (nSPS) is 23.9. The van der Waals surface area contributed by atoms with Crippen LogP contribution in [0.3, 0.4) is 0 Å². The molecule has 1 aromatic rings. The van der Waals surface area contributed by atoms with Crippen LogP contribution in [0.4, 0.5) is 0 Å². The third-order valence-corrected chi connectivity index (χ3v) is 6.13. The highest BCUT2D eigenvalue weighted by molar-refractivity contribution is 6.58. The van der Waals surface area contributed by atoms with E-state index in [4.69, 9.17) is 0 Å². The number of aryl methyl sites for hydroxylation is 1. The quantitative estimate of drug-likeness (QED) is 0.556. The third-order valence-electron chi connectivity index (χ3n) is 4.05. The molecule has 0 bridgehead atoms. The van der Waals surface area contributed by atoms with Gasteiger partial charge in [0, 0.05) is 0 Å². The topological polar surface area (TPSA) is 0 Å². The van der Waals surface area contributed by atoms with Crippen LogP contribution in [0, 0.1) is 13.8 Å². The number of hydrogen-bond donors (Lipinski definition) is 0. The Morgan fingerprint density at radius 3 is 2.76 bits per heavy atom. The molecule has 1 atom stereocenters. The minimum Gasteiger partial charge on any atom is -0.0883 e. The highest BCUT2D eigenvalue weighted by atomic mass is 28.2. The van der Waals surface area contributed by atoms with Crippen LogP contribution in [0.1, 0.15) is 43.7 Å². The third kappa shape index (κ3) is 2.71. The molecule has 2 rings (SSSR count). The Morgan fingerprint density at radius 1 is 1.29 bits per heavy atom. The molecular formula is C16H22Si. The fourth-order valence-electron chi connectivity index (χ4n) is 2.57. The number of rotatable bonds is 3. The maximum absolute atomic E-state index is 2.50. The number of allylic oxidation sites excluding steroid dienone is 2. The van der Waals surface area contributed by atoms with Gasteiger partial charge in [-0.15, -0.1) is 0 Å². The zero-order chi connectivity index (χ0) is 12.3. The molecule has 0 fully saturated rings. The summed E-state index contributed by atoms with van der Waals surface area (Å²) in [5, 5.41) is 2.02. The monoisotopic (exact) mass is 242 g/mol. The minimum absolute atomic E-state index is 0.455. The molecule has 1 aliphatic carbocycles. The molecule has 0 heterocycles. The smallest absolute Gasteiger partial charge is 0.0883 e. The van der Waals surface area contributed by atoms with Gasteiger partial charge in [0.2, 0.25) is 0 Å². The lowest BCUT2D eigenvalue weighted by atomic mass is 9.92. The van der Waals surface area contributed by atoms with Gasteiger partial charge >= 0.3 is 0 Å². The lowest BCUT2D eigenvalue weighted by Gasteiger charge is -2.32. The summed E-state index contributed by atoms with van der Waals surface area (Å²) < 4.78 is 0. The highest BCUT2D eigenvalue weighted by Gasteiger charge is 2.28. The molecule has 1 aliphatic rings. The summed E-state index contributed by atoms with van der Waals surface area (Å²) in [6.07, 6.45) is 10.2.